The van der Waals surface area contributed by atoms with Crippen LogP contribution in [0.2, 0.25) is 0 Å². The van der Waals surface area contributed by atoms with Crippen LogP contribution in [0.5, 0.6) is 0 Å². The largest absolute Gasteiger partial charge is 0.412 e. The van der Waals surface area contributed by atoms with Crippen LogP contribution in [-0.2, 0) is 6.54 Å². The summed E-state index contributed by atoms with van der Waals surface area (Å²) >= 11 is 0. The summed E-state index contributed by atoms with van der Waals surface area (Å²) in [6, 6.07) is 16.8. The lowest BCUT2D eigenvalue weighted by molar-refractivity contribution is -0.0439. The number of likely N-dealkylation sites (tertiary alicyclic amines) is 2. The first-order valence-corrected chi connectivity index (χ1v) is 17.2. The molecule has 47 heavy (non-hydrogen) atoms. The molecule has 3 aliphatic heterocycles. The quantitative estimate of drug-likeness (QED) is 0.344. The Hall–Kier alpha value is -3.24. The summed E-state index contributed by atoms with van der Waals surface area (Å²) in [7, 11) is 0. The van der Waals surface area contributed by atoms with E-state index in [1.807, 2.05) is 24.8 Å². The highest BCUT2D eigenvalue weighted by molar-refractivity contribution is 5.96. The van der Waals surface area contributed by atoms with Gasteiger partial charge in [-0.15, -0.1) is 0 Å². The molecule has 254 valence electrons. The van der Waals surface area contributed by atoms with E-state index in [9.17, 15) is 9.18 Å². The SMILES string of the molecule is Cc1ccc(CN2CCC([C@H](c3cccc(F)c3)N3CCN(C4(C)CCN(C(=O)c5c(C)ncnc5C)CC4)C[C@@H]3C)CC2)cc1.O. The van der Waals surface area contributed by atoms with E-state index in [-0.39, 0.29) is 28.8 Å². The summed E-state index contributed by atoms with van der Waals surface area (Å²) < 4.78 is 14.6. The maximum atomic E-state index is 14.6. The Labute approximate surface area is 280 Å². The Bertz CT molecular complexity index is 1480. The van der Waals surface area contributed by atoms with Gasteiger partial charge in [-0.3, -0.25) is 19.5 Å². The van der Waals surface area contributed by atoms with Crippen LogP contribution in [0.25, 0.3) is 0 Å². The van der Waals surface area contributed by atoms with Crippen molar-refractivity contribution in [1.29, 1.82) is 0 Å². The van der Waals surface area contributed by atoms with Crippen molar-refractivity contribution in [2.45, 2.75) is 84.5 Å². The Kier molecular flexibility index (Phi) is 11.1. The van der Waals surface area contributed by atoms with Gasteiger partial charge >= 0.3 is 0 Å². The lowest BCUT2D eigenvalue weighted by Gasteiger charge is -2.54. The van der Waals surface area contributed by atoms with E-state index in [1.54, 1.807) is 12.1 Å². The van der Waals surface area contributed by atoms with Gasteiger partial charge in [0.05, 0.1) is 17.0 Å². The molecule has 2 atom stereocenters. The van der Waals surface area contributed by atoms with Crippen molar-refractivity contribution in [2.24, 2.45) is 5.92 Å². The first-order valence-electron chi connectivity index (χ1n) is 17.2. The number of carbonyl (C=O) groups excluding carboxylic acids is 1. The first-order chi connectivity index (χ1) is 22.1. The number of aryl methyl sites for hydroxylation is 3. The zero-order valence-electron chi connectivity index (χ0n) is 28.9. The summed E-state index contributed by atoms with van der Waals surface area (Å²) in [5.74, 6) is 0.398. The highest BCUT2D eigenvalue weighted by Gasteiger charge is 2.43. The fourth-order valence-corrected chi connectivity index (χ4v) is 8.25. The van der Waals surface area contributed by atoms with Crippen molar-refractivity contribution >= 4 is 5.91 Å². The first kappa shape index (κ1) is 35.1. The van der Waals surface area contributed by atoms with E-state index >= 15 is 0 Å². The molecular weight excluding hydrogens is 591 g/mol. The molecule has 3 aliphatic rings. The fraction of sp³-hybridized carbons (Fsp3) is 0.553. The van der Waals surface area contributed by atoms with E-state index in [0.717, 1.165) is 95.0 Å². The third-order valence-electron chi connectivity index (χ3n) is 11.2. The molecule has 1 amide bonds. The molecule has 0 radical (unpaired) electrons. The highest BCUT2D eigenvalue weighted by atomic mass is 19.1. The van der Waals surface area contributed by atoms with E-state index in [4.69, 9.17) is 0 Å². The maximum Gasteiger partial charge on any atom is 0.257 e. The number of hydrogen-bond donors (Lipinski definition) is 0. The molecule has 0 unspecified atom stereocenters. The zero-order valence-corrected chi connectivity index (χ0v) is 28.9. The molecule has 3 fully saturated rings. The molecule has 0 spiro atoms. The molecule has 2 aromatic carbocycles. The summed E-state index contributed by atoms with van der Waals surface area (Å²) in [6.45, 7) is 18.2. The highest BCUT2D eigenvalue weighted by Crippen LogP contribution is 2.40. The number of rotatable bonds is 7. The second kappa shape index (κ2) is 14.9. The predicted octanol–water partition coefficient (Wildman–Crippen LogP) is 5.37. The molecule has 4 heterocycles. The van der Waals surface area contributed by atoms with Crippen molar-refractivity contribution in [1.82, 2.24) is 29.6 Å². The van der Waals surface area contributed by atoms with Crippen LogP contribution in [0.15, 0.2) is 54.9 Å². The van der Waals surface area contributed by atoms with Crippen molar-refractivity contribution in [3.8, 4) is 0 Å². The van der Waals surface area contributed by atoms with Gasteiger partial charge < -0.3 is 10.4 Å². The Morgan fingerprint density at radius 1 is 0.936 bits per heavy atom. The van der Waals surface area contributed by atoms with Crippen LogP contribution in [0.1, 0.15) is 84.0 Å². The van der Waals surface area contributed by atoms with Crippen molar-refractivity contribution in [3.63, 3.8) is 0 Å². The van der Waals surface area contributed by atoms with Crippen LogP contribution in [0.4, 0.5) is 4.39 Å². The zero-order chi connectivity index (χ0) is 32.4. The molecule has 3 aromatic rings. The Morgan fingerprint density at radius 2 is 1.60 bits per heavy atom. The molecule has 6 rings (SSSR count). The minimum Gasteiger partial charge on any atom is -0.412 e. The molecule has 8 nitrogen and oxygen atoms in total. The van der Waals surface area contributed by atoms with Crippen LogP contribution < -0.4 is 0 Å². The second-order valence-electron chi connectivity index (χ2n) is 14.3. The summed E-state index contributed by atoms with van der Waals surface area (Å²) in [5, 5.41) is 0. The number of hydrogen-bond acceptors (Lipinski definition) is 6. The summed E-state index contributed by atoms with van der Waals surface area (Å²) in [6.07, 6.45) is 5.66. The van der Waals surface area contributed by atoms with E-state index in [2.05, 4.69) is 75.8 Å². The number of halogens is 1. The van der Waals surface area contributed by atoms with Gasteiger partial charge in [-0.1, -0.05) is 42.0 Å². The van der Waals surface area contributed by atoms with Crippen LogP contribution >= 0.6 is 0 Å². The number of piperidine rings is 2. The van der Waals surface area contributed by atoms with Gasteiger partial charge in [-0.25, -0.2) is 14.4 Å². The normalized spacial score (nSPS) is 22.1. The van der Waals surface area contributed by atoms with E-state index in [1.165, 1.54) is 17.5 Å². The molecule has 0 bridgehead atoms. The number of piperazine rings is 1. The van der Waals surface area contributed by atoms with E-state index < -0.39 is 0 Å². The molecule has 1 aromatic heterocycles. The number of amides is 1. The minimum absolute atomic E-state index is 0. The Morgan fingerprint density at radius 3 is 2.21 bits per heavy atom. The monoisotopic (exact) mass is 644 g/mol. The molecule has 0 aliphatic carbocycles. The molecule has 2 N–H and O–H groups in total. The topological polar surface area (TPSA) is 87.3 Å². The average molecular weight is 645 g/mol. The van der Waals surface area contributed by atoms with Crippen molar-refractivity contribution in [3.05, 3.63) is 94.3 Å². The lowest BCUT2D eigenvalue weighted by Crippen LogP contribution is -2.63. The van der Waals surface area contributed by atoms with Gasteiger partial charge in [0.15, 0.2) is 0 Å². The van der Waals surface area contributed by atoms with E-state index in [0.29, 0.717) is 17.5 Å². The van der Waals surface area contributed by atoms with Crippen LogP contribution in [0.3, 0.4) is 0 Å². The van der Waals surface area contributed by atoms with Crippen LogP contribution in [0, 0.1) is 32.5 Å². The fourth-order valence-electron chi connectivity index (χ4n) is 8.25. The van der Waals surface area contributed by atoms with Crippen LogP contribution in [-0.4, -0.2) is 98.3 Å². The van der Waals surface area contributed by atoms with Gasteiger partial charge in [0, 0.05) is 56.9 Å². The van der Waals surface area contributed by atoms with Crippen molar-refractivity contribution in [2.75, 3.05) is 45.8 Å². The van der Waals surface area contributed by atoms with Crippen molar-refractivity contribution < 1.29 is 14.7 Å². The number of benzene rings is 2. The maximum absolute atomic E-state index is 14.6. The number of aromatic nitrogens is 2. The average Bonchev–Trinajstić information content (AvgIpc) is 3.04. The lowest BCUT2D eigenvalue weighted by atomic mass is 9.82. The van der Waals surface area contributed by atoms with Gasteiger partial charge in [-0.05, 0) is 103 Å². The standard InChI is InChI=1S/C38H51FN6O.H2O/c1-27-9-11-31(12-10-27)25-42-17-13-32(14-18-42)36(33-7-6-8-34(39)23-33)45-22-21-44(24-28(45)2)38(5)15-19-43(20-16-38)37(46)35-29(3)40-26-41-30(35)4;/h6-12,23,26,28,32,36H,13-22,24-25H2,1-5H3;1H2/t28-,36+;/m0./s1. The molecule has 0 saturated carbocycles. The summed E-state index contributed by atoms with van der Waals surface area (Å²) in [4.78, 5) is 31.9. The smallest absolute Gasteiger partial charge is 0.257 e. The number of nitrogens with zero attached hydrogens (tertiary/aromatic N) is 6. The van der Waals surface area contributed by atoms with Gasteiger partial charge in [0.1, 0.15) is 12.1 Å². The second-order valence-corrected chi connectivity index (χ2v) is 14.3. The van der Waals surface area contributed by atoms with Gasteiger partial charge in [0.2, 0.25) is 0 Å². The third kappa shape index (κ3) is 7.75. The molecule has 9 heteroatoms. The number of carbonyl (C=O) groups is 1. The van der Waals surface area contributed by atoms with Gasteiger partial charge in [0.25, 0.3) is 5.91 Å². The third-order valence-corrected chi connectivity index (χ3v) is 11.2. The minimum atomic E-state index is -0.146. The summed E-state index contributed by atoms with van der Waals surface area (Å²) in [5.41, 5.74) is 5.99. The predicted molar refractivity (Wildman–Crippen MR) is 185 cm³/mol. The Balaban J connectivity index is 0.00000433. The van der Waals surface area contributed by atoms with Gasteiger partial charge in [-0.2, -0.15) is 0 Å². The molecule has 3 saturated heterocycles. The molecular formula is C38H53FN6O2.